The van der Waals surface area contributed by atoms with E-state index < -0.39 is 5.97 Å². The Bertz CT molecular complexity index is 494. The summed E-state index contributed by atoms with van der Waals surface area (Å²) in [6, 6.07) is 1.42. The normalized spacial score (nSPS) is 19.8. The second-order valence-electron chi connectivity index (χ2n) is 3.64. The van der Waals surface area contributed by atoms with Crippen molar-refractivity contribution in [2.75, 3.05) is 11.4 Å². The van der Waals surface area contributed by atoms with Gasteiger partial charge in [0.15, 0.2) is 0 Å². The van der Waals surface area contributed by atoms with Crippen LogP contribution in [0.4, 0.5) is 5.82 Å². The Labute approximate surface area is 111 Å². The molecular weight excluding hydrogens is 311 g/mol. The van der Waals surface area contributed by atoms with Crippen LogP contribution < -0.4 is 4.90 Å². The van der Waals surface area contributed by atoms with Crippen LogP contribution in [0.25, 0.3) is 0 Å². The number of amides is 1. The van der Waals surface area contributed by atoms with Gasteiger partial charge in [0, 0.05) is 19.2 Å². The number of alkyl halides is 1. The smallest absolute Gasteiger partial charge is 0.337 e. The van der Waals surface area contributed by atoms with Crippen LogP contribution in [-0.4, -0.2) is 33.9 Å². The minimum Gasteiger partial charge on any atom is -0.478 e. The van der Waals surface area contributed by atoms with Gasteiger partial charge < -0.3 is 5.11 Å². The van der Waals surface area contributed by atoms with E-state index in [2.05, 4.69) is 20.9 Å². The molecular formula is C10H8BrClN2O3. The summed E-state index contributed by atoms with van der Waals surface area (Å²) < 4.78 is 0.469. The number of aromatic carboxylic acids is 1. The molecule has 1 N–H and O–H groups in total. The second kappa shape index (κ2) is 4.62. The van der Waals surface area contributed by atoms with Gasteiger partial charge in [-0.3, -0.25) is 9.69 Å². The van der Waals surface area contributed by atoms with E-state index >= 15 is 0 Å². The number of carbonyl (C=O) groups is 2. The molecule has 1 aliphatic heterocycles. The van der Waals surface area contributed by atoms with Crippen molar-refractivity contribution in [3.63, 3.8) is 0 Å². The van der Waals surface area contributed by atoms with E-state index in [1.807, 2.05) is 0 Å². The summed E-state index contributed by atoms with van der Waals surface area (Å²) >= 11 is 9.10. The summed E-state index contributed by atoms with van der Waals surface area (Å²) in [5.41, 5.74) is 0.0645. The van der Waals surface area contributed by atoms with Crippen molar-refractivity contribution in [3.8, 4) is 0 Å². The Balaban J connectivity index is 2.34. The highest BCUT2D eigenvalue weighted by molar-refractivity contribution is 9.10. The molecule has 1 amide bonds. The Morgan fingerprint density at radius 3 is 2.82 bits per heavy atom. The van der Waals surface area contributed by atoms with Crippen LogP contribution in [-0.2, 0) is 4.79 Å². The highest BCUT2D eigenvalue weighted by atomic mass is 79.9. The van der Waals surface area contributed by atoms with Crippen molar-refractivity contribution in [1.82, 2.24) is 4.98 Å². The molecule has 0 saturated carbocycles. The number of anilines is 1. The zero-order valence-corrected chi connectivity index (χ0v) is 10.9. The van der Waals surface area contributed by atoms with Crippen LogP contribution in [0.3, 0.4) is 0 Å². The lowest BCUT2D eigenvalue weighted by molar-refractivity contribution is -0.117. The maximum Gasteiger partial charge on any atom is 0.337 e. The third-order valence-electron chi connectivity index (χ3n) is 2.40. The summed E-state index contributed by atoms with van der Waals surface area (Å²) in [7, 11) is 0. The number of halogens is 2. The van der Waals surface area contributed by atoms with E-state index in [0.29, 0.717) is 16.8 Å². The fraction of sp³-hybridized carbons (Fsp3) is 0.300. The standard InChI is InChI=1S/C10H8BrClN2O3/c11-7-1-5(10(16)17)3-13-9(7)14-4-6(12)2-8(14)15/h1,3,6H,2,4H2,(H,16,17). The molecule has 2 heterocycles. The van der Waals surface area contributed by atoms with Gasteiger partial charge in [0.2, 0.25) is 5.91 Å². The Morgan fingerprint density at radius 2 is 2.35 bits per heavy atom. The van der Waals surface area contributed by atoms with Crippen LogP contribution in [0, 0.1) is 0 Å². The van der Waals surface area contributed by atoms with E-state index in [0.717, 1.165) is 0 Å². The molecule has 1 fully saturated rings. The van der Waals surface area contributed by atoms with Crippen LogP contribution in [0.1, 0.15) is 16.8 Å². The number of pyridine rings is 1. The first-order valence-corrected chi connectivity index (χ1v) is 6.05. The Hall–Kier alpha value is -1.14. The monoisotopic (exact) mass is 318 g/mol. The van der Waals surface area contributed by atoms with E-state index in [9.17, 15) is 9.59 Å². The van der Waals surface area contributed by atoms with Gasteiger partial charge in [-0.05, 0) is 22.0 Å². The molecule has 0 radical (unpaired) electrons. The lowest BCUT2D eigenvalue weighted by Gasteiger charge is -2.16. The van der Waals surface area contributed by atoms with Crippen LogP contribution in [0.2, 0.25) is 0 Å². The van der Waals surface area contributed by atoms with Crippen molar-refractivity contribution in [3.05, 3.63) is 22.3 Å². The number of hydrogen-bond acceptors (Lipinski definition) is 3. The lowest BCUT2D eigenvalue weighted by Crippen LogP contribution is -2.26. The van der Waals surface area contributed by atoms with Gasteiger partial charge in [0.1, 0.15) is 5.82 Å². The summed E-state index contributed by atoms with van der Waals surface area (Å²) in [5.74, 6) is -0.767. The van der Waals surface area contributed by atoms with E-state index in [1.54, 1.807) is 0 Å². The first-order valence-electron chi connectivity index (χ1n) is 4.82. The van der Waals surface area contributed by atoms with Crippen molar-refractivity contribution < 1.29 is 14.7 Å². The Morgan fingerprint density at radius 1 is 1.65 bits per heavy atom. The number of nitrogens with zero attached hydrogens (tertiary/aromatic N) is 2. The molecule has 5 nitrogen and oxygen atoms in total. The van der Waals surface area contributed by atoms with E-state index in [4.69, 9.17) is 16.7 Å². The predicted octanol–water partition coefficient (Wildman–Crippen LogP) is 1.89. The molecule has 0 aromatic carbocycles. The number of carbonyl (C=O) groups excluding carboxylic acids is 1. The van der Waals surface area contributed by atoms with Crippen molar-refractivity contribution in [2.24, 2.45) is 0 Å². The zero-order valence-electron chi connectivity index (χ0n) is 8.56. The summed E-state index contributed by atoms with van der Waals surface area (Å²) in [4.78, 5) is 27.8. The van der Waals surface area contributed by atoms with Gasteiger partial charge in [-0.1, -0.05) is 0 Å². The van der Waals surface area contributed by atoms with Crippen molar-refractivity contribution in [1.29, 1.82) is 0 Å². The van der Waals surface area contributed by atoms with E-state index in [-0.39, 0.29) is 23.3 Å². The summed E-state index contributed by atoms with van der Waals surface area (Å²) in [6.07, 6.45) is 1.49. The van der Waals surface area contributed by atoms with Gasteiger partial charge in [-0.15, -0.1) is 11.6 Å². The number of aromatic nitrogens is 1. The molecule has 1 aromatic rings. The maximum absolute atomic E-state index is 11.6. The maximum atomic E-state index is 11.6. The van der Waals surface area contributed by atoms with E-state index in [1.165, 1.54) is 17.2 Å². The molecule has 90 valence electrons. The quantitative estimate of drug-likeness (QED) is 0.845. The predicted molar refractivity (Wildman–Crippen MR) is 65.5 cm³/mol. The highest BCUT2D eigenvalue weighted by Crippen LogP contribution is 2.29. The number of carboxylic acid groups (broad SMARTS) is 1. The minimum atomic E-state index is -1.06. The molecule has 1 atom stereocenters. The summed E-state index contributed by atoms with van der Waals surface area (Å²) in [6.45, 7) is 0.387. The lowest BCUT2D eigenvalue weighted by atomic mass is 10.3. The van der Waals surface area contributed by atoms with Gasteiger partial charge >= 0.3 is 5.97 Å². The van der Waals surface area contributed by atoms with Gasteiger partial charge in [-0.2, -0.15) is 0 Å². The minimum absolute atomic E-state index is 0.0645. The van der Waals surface area contributed by atoms with Crippen LogP contribution >= 0.6 is 27.5 Å². The first-order chi connectivity index (χ1) is 7.99. The molecule has 1 aliphatic rings. The van der Waals surface area contributed by atoms with Crippen molar-refractivity contribution in [2.45, 2.75) is 11.8 Å². The molecule has 17 heavy (non-hydrogen) atoms. The van der Waals surface area contributed by atoms with Gasteiger partial charge in [-0.25, -0.2) is 9.78 Å². The van der Waals surface area contributed by atoms with Crippen LogP contribution in [0.5, 0.6) is 0 Å². The number of hydrogen-bond donors (Lipinski definition) is 1. The molecule has 0 aliphatic carbocycles. The molecule has 2 rings (SSSR count). The number of rotatable bonds is 2. The average Bonchev–Trinajstić information content (AvgIpc) is 2.57. The molecule has 1 aromatic heterocycles. The van der Waals surface area contributed by atoms with Gasteiger partial charge in [0.05, 0.1) is 15.4 Å². The second-order valence-corrected chi connectivity index (χ2v) is 5.11. The summed E-state index contributed by atoms with van der Waals surface area (Å²) in [5, 5.41) is 8.57. The van der Waals surface area contributed by atoms with Crippen LogP contribution in [0.15, 0.2) is 16.7 Å². The van der Waals surface area contributed by atoms with Crippen molar-refractivity contribution >= 4 is 45.2 Å². The topological polar surface area (TPSA) is 70.5 Å². The third kappa shape index (κ3) is 2.42. The van der Waals surface area contributed by atoms with Gasteiger partial charge in [0.25, 0.3) is 0 Å². The largest absolute Gasteiger partial charge is 0.478 e. The number of carboxylic acids is 1. The fourth-order valence-corrected chi connectivity index (χ4v) is 2.45. The molecule has 0 spiro atoms. The SMILES string of the molecule is O=C(O)c1cnc(N2CC(Cl)CC2=O)c(Br)c1. The third-order valence-corrected chi connectivity index (χ3v) is 3.28. The molecule has 1 unspecified atom stereocenters. The Kier molecular flexibility index (Phi) is 3.35. The zero-order chi connectivity index (χ0) is 12.6. The fourth-order valence-electron chi connectivity index (χ4n) is 1.61. The molecule has 0 bridgehead atoms. The molecule has 1 saturated heterocycles. The average molecular weight is 320 g/mol. The molecule has 7 heteroatoms. The highest BCUT2D eigenvalue weighted by Gasteiger charge is 2.31. The first kappa shape index (κ1) is 12.3.